The first-order chi connectivity index (χ1) is 24.6. The summed E-state index contributed by atoms with van der Waals surface area (Å²) >= 11 is 0.827. The normalized spacial score (nSPS) is 18.8. The highest BCUT2D eigenvalue weighted by atomic mass is 32.2. The maximum absolute atomic E-state index is 12.3. The van der Waals surface area contributed by atoms with Crippen molar-refractivity contribution in [2.75, 3.05) is 18.0 Å². The largest absolute Gasteiger partial charge is 0.744 e. The van der Waals surface area contributed by atoms with Crippen LogP contribution in [0.5, 0.6) is 0 Å². The van der Waals surface area contributed by atoms with Crippen LogP contribution in [0.3, 0.4) is 0 Å². The fourth-order valence-electron chi connectivity index (χ4n) is 7.03. The van der Waals surface area contributed by atoms with Crippen molar-refractivity contribution < 1.29 is 51.4 Å². The minimum atomic E-state index is -4.59. The molecule has 3 heterocycles. The number of nitrogens with zero attached hydrogens (tertiary/aromatic N) is 3. The number of rotatable bonds is 15. The van der Waals surface area contributed by atoms with Crippen molar-refractivity contribution in [2.24, 2.45) is 0 Å². The van der Waals surface area contributed by atoms with Gasteiger partial charge in [-0.1, -0.05) is 32.1 Å². The standard InChI is InChI=1S/C37H43N3O10S2/c1-6-38-29-19-17-26(52(45,46)47)24-28(29)37(4,5)31(38)13-9-7-10-14-32-36(2,3)27-23-25(51-50-49-44)16-18-30(27)39(32)22-12-8-11-15-35(43)48-40-33(41)20-21-34(40)42/h7,9-10,13-14,16-19,23-24H,6,8,11-12,15,20-22H2,1-5H3,(H-,44,45,46,47)/p-1. The molecule has 2 aromatic rings. The molecule has 3 aliphatic rings. The number of benzene rings is 2. The zero-order chi connectivity index (χ0) is 37.8. The minimum Gasteiger partial charge on any atom is -0.744 e. The molecule has 0 spiro atoms. The summed E-state index contributed by atoms with van der Waals surface area (Å²) in [7, 11) is -4.59. The number of imide groups is 1. The fraction of sp³-hybridized carbons (Fsp3) is 0.405. The molecule has 0 aromatic heterocycles. The molecule has 0 aliphatic carbocycles. The number of carbonyl (C=O) groups excluding carboxylic acids is 3. The average Bonchev–Trinajstić information content (AvgIpc) is 3.61. The van der Waals surface area contributed by atoms with Crippen LogP contribution in [0.15, 0.2) is 82.3 Å². The predicted octanol–water partition coefficient (Wildman–Crippen LogP) is 5.18. The molecule has 2 amide bonds. The summed E-state index contributed by atoms with van der Waals surface area (Å²) in [6.45, 7) is 11.5. The highest BCUT2D eigenvalue weighted by Gasteiger charge is 2.44. The molecule has 1 saturated heterocycles. The maximum Gasteiger partial charge on any atom is 0.333 e. The van der Waals surface area contributed by atoms with E-state index in [9.17, 15) is 32.6 Å². The number of hydrogen-bond donors (Lipinski definition) is 0. The molecule has 13 nitrogen and oxygen atoms in total. The molecule has 3 aliphatic heterocycles. The van der Waals surface area contributed by atoms with Gasteiger partial charge in [0.25, 0.3) is 11.8 Å². The lowest BCUT2D eigenvalue weighted by Gasteiger charge is -2.25. The van der Waals surface area contributed by atoms with Gasteiger partial charge in [-0.15, -0.1) is 5.06 Å². The van der Waals surface area contributed by atoms with E-state index in [-0.39, 0.29) is 24.2 Å². The Balaban J connectivity index is 1.33. The van der Waals surface area contributed by atoms with Gasteiger partial charge in [0, 0.05) is 71.6 Å². The highest BCUT2D eigenvalue weighted by Crippen LogP contribution is 2.48. The smallest absolute Gasteiger partial charge is 0.333 e. The van der Waals surface area contributed by atoms with Gasteiger partial charge in [0.05, 0.1) is 22.4 Å². The molecule has 0 radical (unpaired) electrons. The lowest BCUT2D eigenvalue weighted by Crippen LogP contribution is -2.31. The Kier molecular flexibility index (Phi) is 11.9. The number of fused-ring (bicyclic) bond motifs is 2. The van der Waals surface area contributed by atoms with Crippen LogP contribution in [0.2, 0.25) is 0 Å². The van der Waals surface area contributed by atoms with E-state index in [1.807, 2.05) is 63.3 Å². The Hall–Kier alpha value is -4.12. The summed E-state index contributed by atoms with van der Waals surface area (Å²) in [5, 5.41) is 14.6. The molecule has 0 unspecified atom stereocenters. The van der Waals surface area contributed by atoms with Crippen LogP contribution in [0.1, 0.15) is 84.3 Å². The van der Waals surface area contributed by atoms with Gasteiger partial charge in [0.1, 0.15) is 16.7 Å². The monoisotopic (exact) mass is 752 g/mol. The summed E-state index contributed by atoms with van der Waals surface area (Å²) in [5.41, 5.74) is 4.69. The van der Waals surface area contributed by atoms with Gasteiger partial charge in [0.2, 0.25) is 5.69 Å². The van der Waals surface area contributed by atoms with Crippen molar-refractivity contribution in [3.63, 3.8) is 0 Å². The van der Waals surface area contributed by atoms with Crippen molar-refractivity contribution in [2.45, 2.75) is 93.8 Å². The van der Waals surface area contributed by atoms with Gasteiger partial charge in [-0.2, -0.15) is 8.91 Å². The second-order valence-corrected chi connectivity index (χ2v) is 15.9. The number of anilines is 1. The van der Waals surface area contributed by atoms with Crippen molar-refractivity contribution in [3.8, 4) is 0 Å². The number of hydrogen-bond acceptors (Lipinski definition) is 12. The zero-order valence-electron chi connectivity index (χ0n) is 29.7. The van der Waals surface area contributed by atoms with E-state index < -0.39 is 38.7 Å². The van der Waals surface area contributed by atoms with E-state index in [1.54, 1.807) is 6.07 Å². The van der Waals surface area contributed by atoms with Crippen molar-refractivity contribution in [1.82, 2.24) is 5.06 Å². The first-order valence-corrected chi connectivity index (χ1v) is 19.2. The van der Waals surface area contributed by atoms with Crippen LogP contribution >= 0.6 is 12.0 Å². The first kappa shape index (κ1) is 39.1. The van der Waals surface area contributed by atoms with Crippen molar-refractivity contribution in [3.05, 3.63) is 83.6 Å². The summed E-state index contributed by atoms with van der Waals surface area (Å²) in [6.07, 6.45) is 12.0. The molecule has 1 fully saturated rings. The van der Waals surface area contributed by atoms with E-state index in [2.05, 4.69) is 38.8 Å². The topological polar surface area (TPSA) is 169 Å². The van der Waals surface area contributed by atoms with E-state index in [1.165, 1.54) is 12.1 Å². The first-order valence-electron chi connectivity index (χ1n) is 17.0. The quantitative estimate of drug-likeness (QED) is 0.0342. The Bertz CT molecular complexity index is 1970. The second kappa shape index (κ2) is 15.9. The molecular weight excluding hydrogens is 711 g/mol. The fourth-order valence-corrected chi connectivity index (χ4v) is 7.92. The Morgan fingerprint density at radius 1 is 0.962 bits per heavy atom. The van der Waals surface area contributed by atoms with Crippen LogP contribution in [0.4, 0.5) is 11.4 Å². The summed E-state index contributed by atoms with van der Waals surface area (Å²) < 4.78 is 42.0. The third-order valence-electron chi connectivity index (χ3n) is 9.68. The summed E-state index contributed by atoms with van der Waals surface area (Å²) in [6, 6.07) is 10.3. The van der Waals surface area contributed by atoms with Crippen LogP contribution in [-0.2, 0) is 49.5 Å². The molecule has 0 bridgehead atoms. The van der Waals surface area contributed by atoms with Gasteiger partial charge in [-0.25, -0.2) is 13.2 Å². The minimum absolute atomic E-state index is 0.0472. The van der Waals surface area contributed by atoms with E-state index in [0.717, 1.165) is 52.4 Å². The number of carbonyl (C=O) groups is 3. The molecule has 2 aromatic carbocycles. The summed E-state index contributed by atoms with van der Waals surface area (Å²) in [4.78, 5) is 43.3. The van der Waals surface area contributed by atoms with Crippen LogP contribution in [-0.4, -0.2) is 59.2 Å². The molecule has 278 valence electrons. The number of allylic oxidation sites excluding steroid dienone is 6. The number of amides is 2. The van der Waals surface area contributed by atoms with Gasteiger partial charge in [-0.3, -0.25) is 14.6 Å². The number of hydroxylamine groups is 2. The Labute approximate surface area is 308 Å². The number of likely N-dealkylation sites (N-methyl/N-ethyl adjacent to an activating group) is 1. The lowest BCUT2D eigenvalue weighted by atomic mass is 9.81. The molecule has 0 atom stereocenters. The van der Waals surface area contributed by atoms with Gasteiger partial charge >= 0.3 is 5.97 Å². The molecular formula is C37H42N3O10S2-. The second-order valence-electron chi connectivity index (χ2n) is 13.7. The third kappa shape index (κ3) is 8.09. The highest BCUT2D eigenvalue weighted by molar-refractivity contribution is 7.94. The lowest BCUT2D eigenvalue weighted by molar-refractivity contribution is -0.777. The van der Waals surface area contributed by atoms with Gasteiger partial charge in [0.15, 0.2) is 5.71 Å². The molecule has 52 heavy (non-hydrogen) atoms. The predicted molar refractivity (Wildman–Crippen MR) is 190 cm³/mol. The van der Waals surface area contributed by atoms with E-state index in [4.69, 9.17) is 4.84 Å². The SMILES string of the molecule is CCN1C(=CC=CC=CC2=[N+](CCCCCC(=O)ON3C(=O)CCC3=O)c3ccc(SOO[O-])cc3C2(C)C)C(C)(C)c2cc(S(=O)(=O)[O-])ccc21. The van der Waals surface area contributed by atoms with Gasteiger partial charge in [-0.05, 0) is 75.6 Å². The third-order valence-corrected chi connectivity index (χ3v) is 11.1. The molecule has 15 heteroatoms. The Morgan fingerprint density at radius 3 is 2.37 bits per heavy atom. The van der Waals surface area contributed by atoms with Gasteiger partial charge < -0.3 is 19.5 Å². The Morgan fingerprint density at radius 2 is 1.69 bits per heavy atom. The van der Waals surface area contributed by atoms with Crippen LogP contribution in [0.25, 0.3) is 0 Å². The van der Waals surface area contributed by atoms with Crippen molar-refractivity contribution >= 4 is 57.0 Å². The molecule has 0 saturated carbocycles. The van der Waals surface area contributed by atoms with E-state index in [0.29, 0.717) is 35.9 Å². The maximum atomic E-state index is 12.3. The molecule has 0 N–H and O–H groups in total. The average molecular weight is 753 g/mol. The van der Waals surface area contributed by atoms with Crippen LogP contribution < -0.4 is 10.2 Å². The van der Waals surface area contributed by atoms with Crippen LogP contribution in [0, 0.1) is 0 Å². The molecule has 5 rings (SSSR count). The van der Waals surface area contributed by atoms with E-state index >= 15 is 0 Å². The van der Waals surface area contributed by atoms with Crippen molar-refractivity contribution in [1.29, 1.82) is 0 Å². The summed E-state index contributed by atoms with van der Waals surface area (Å²) in [5.74, 6) is -1.62. The number of unbranched alkanes of at least 4 members (excludes halogenated alkanes) is 2. The zero-order valence-corrected chi connectivity index (χ0v) is 31.4.